The van der Waals surface area contributed by atoms with Gasteiger partial charge in [0, 0.05) is 12.8 Å². The van der Waals surface area contributed by atoms with E-state index >= 15 is 0 Å². The molecule has 0 amide bonds. The molecule has 1 aliphatic rings. The summed E-state index contributed by atoms with van der Waals surface area (Å²) in [6.07, 6.45) is 7.55. The third-order valence-corrected chi connectivity index (χ3v) is 3.51. The van der Waals surface area contributed by atoms with Crippen molar-refractivity contribution in [1.82, 2.24) is 14.9 Å². The van der Waals surface area contributed by atoms with Crippen LogP contribution in [0.25, 0.3) is 6.08 Å². The lowest BCUT2D eigenvalue weighted by molar-refractivity contribution is 0.102. The summed E-state index contributed by atoms with van der Waals surface area (Å²) in [5.41, 5.74) is 1.12. The van der Waals surface area contributed by atoms with E-state index in [0.717, 1.165) is 30.8 Å². The van der Waals surface area contributed by atoms with Crippen molar-refractivity contribution in [3.8, 4) is 0 Å². The molecule has 1 aromatic carbocycles. The number of rotatable bonds is 4. The summed E-state index contributed by atoms with van der Waals surface area (Å²) in [6, 6.07) is 10.1. The van der Waals surface area contributed by atoms with E-state index in [1.54, 1.807) is 10.9 Å². The second-order valence-electron chi connectivity index (χ2n) is 4.73. The molecule has 1 atom stereocenters. The maximum absolute atomic E-state index is 5.63. The van der Waals surface area contributed by atoms with Crippen LogP contribution in [0.3, 0.4) is 0 Å². The zero-order valence-corrected chi connectivity index (χ0v) is 12.3. The fraction of sp³-hybridized carbons (Fsp3) is 0.267. The van der Waals surface area contributed by atoms with Crippen molar-refractivity contribution >= 4 is 24.5 Å². The zero-order valence-electron chi connectivity index (χ0n) is 11.5. The maximum Gasteiger partial charge on any atom is 0.216 e. The van der Waals surface area contributed by atoms with Gasteiger partial charge in [-0.25, -0.2) is 0 Å². The van der Waals surface area contributed by atoms with Crippen LogP contribution in [-0.4, -0.2) is 27.7 Å². The summed E-state index contributed by atoms with van der Waals surface area (Å²) in [5.74, 6) is 0.738. The highest BCUT2D eigenvalue weighted by Gasteiger charge is 2.23. The molecule has 0 saturated carbocycles. The van der Waals surface area contributed by atoms with Gasteiger partial charge in [-0.2, -0.15) is 14.9 Å². The molecular formula is C15H16N4OS. The van der Waals surface area contributed by atoms with Crippen LogP contribution in [0.2, 0.25) is 0 Å². The molecule has 0 spiro atoms. The highest BCUT2D eigenvalue weighted by atomic mass is 32.1. The lowest BCUT2D eigenvalue weighted by Crippen LogP contribution is -2.05. The van der Waals surface area contributed by atoms with Gasteiger partial charge in [0.15, 0.2) is 5.82 Å². The number of aromatic nitrogens is 3. The van der Waals surface area contributed by atoms with Crippen molar-refractivity contribution in [2.24, 2.45) is 5.10 Å². The second-order valence-corrected chi connectivity index (χ2v) is 5.12. The lowest BCUT2D eigenvalue weighted by atomic mass is 10.2. The highest BCUT2D eigenvalue weighted by Crippen LogP contribution is 2.26. The van der Waals surface area contributed by atoms with E-state index in [1.807, 2.05) is 42.5 Å². The first-order valence-electron chi connectivity index (χ1n) is 6.89. The van der Waals surface area contributed by atoms with Gasteiger partial charge in [0.2, 0.25) is 4.77 Å². The SMILES string of the molecule is S=c1[nH]nc([C@H]2CCCO2)n1/N=C\C=C\c1ccccc1. The highest BCUT2D eigenvalue weighted by molar-refractivity contribution is 7.71. The molecule has 2 aromatic rings. The van der Waals surface area contributed by atoms with Crippen LogP contribution in [-0.2, 0) is 4.74 Å². The Labute approximate surface area is 128 Å². The Bertz CT molecular complexity index is 696. The number of ether oxygens (including phenoxy) is 1. The molecule has 2 heterocycles. The van der Waals surface area contributed by atoms with E-state index in [2.05, 4.69) is 15.3 Å². The molecule has 21 heavy (non-hydrogen) atoms. The number of benzene rings is 1. The van der Waals surface area contributed by atoms with Crippen molar-refractivity contribution in [2.75, 3.05) is 6.61 Å². The van der Waals surface area contributed by atoms with Crippen LogP contribution in [0, 0.1) is 4.77 Å². The van der Waals surface area contributed by atoms with Gasteiger partial charge >= 0.3 is 0 Å². The lowest BCUT2D eigenvalue weighted by Gasteiger charge is -2.06. The Kier molecular flexibility index (Phi) is 4.37. The van der Waals surface area contributed by atoms with Gasteiger partial charge in [0.05, 0.1) is 0 Å². The van der Waals surface area contributed by atoms with Crippen molar-refractivity contribution in [3.05, 3.63) is 52.6 Å². The molecule has 3 rings (SSSR count). The number of nitrogens with zero attached hydrogens (tertiary/aromatic N) is 3. The fourth-order valence-corrected chi connectivity index (χ4v) is 2.41. The summed E-state index contributed by atoms with van der Waals surface area (Å²) in [7, 11) is 0. The van der Waals surface area contributed by atoms with Crippen LogP contribution in [0.4, 0.5) is 0 Å². The first-order valence-corrected chi connectivity index (χ1v) is 7.30. The first kappa shape index (κ1) is 13.9. The Morgan fingerprint density at radius 3 is 3.00 bits per heavy atom. The van der Waals surface area contributed by atoms with Crippen molar-refractivity contribution in [1.29, 1.82) is 0 Å². The van der Waals surface area contributed by atoms with Gasteiger partial charge in [0.1, 0.15) is 6.10 Å². The van der Waals surface area contributed by atoms with E-state index in [-0.39, 0.29) is 6.10 Å². The first-order chi connectivity index (χ1) is 10.3. The second kappa shape index (κ2) is 6.60. The average molecular weight is 300 g/mol. The summed E-state index contributed by atoms with van der Waals surface area (Å²) in [4.78, 5) is 0. The van der Waals surface area contributed by atoms with Crippen LogP contribution in [0.15, 0.2) is 41.5 Å². The molecule has 1 aromatic heterocycles. The quantitative estimate of drug-likeness (QED) is 0.696. The summed E-state index contributed by atoms with van der Waals surface area (Å²) in [6.45, 7) is 0.766. The zero-order chi connectivity index (χ0) is 14.5. The molecule has 0 aliphatic carbocycles. The van der Waals surface area contributed by atoms with Gasteiger partial charge < -0.3 is 4.74 Å². The van der Waals surface area contributed by atoms with Gasteiger partial charge in [0.25, 0.3) is 0 Å². The molecule has 1 N–H and O–H groups in total. The normalized spacial score (nSPS) is 19.0. The van der Waals surface area contributed by atoms with E-state index in [4.69, 9.17) is 17.0 Å². The number of H-pyrrole nitrogens is 1. The minimum absolute atomic E-state index is 0.0202. The maximum atomic E-state index is 5.63. The third-order valence-electron chi connectivity index (χ3n) is 3.25. The van der Waals surface area contributed by atoms with Gasteiger partial charge in [-0.15, -0.1) is 0 Å². The number of hydrogen-bond acceptors (Lipinski definition) is 4. The van der Waals surface area contributed by atoms with Gasteiger partial charge in [-0.1, -0.05) is 36.4 Å². The van der Waals surface area contributed by atoms with Gasteiger partial charge in [-0.3, -0.25) is 5.10 Å². The Morgan fingerprint density at radius 2 is 2.24 bits per heavy atom. The molecule has 0 bridgehead atoms. The smallest absolute Gasteiger partial charge is 0.216 e. The van der Waals surface area contributed by atoms with Crippen LogP contribution < -0.4 is 0 Å². The van der Waals surface area contributed by atoms with E-state index in [0.29, 0.717) is 4.77 Å². The monoisotopic (exact) mass is 300 g/mol. The predicted molar refractivity (Wildman–Crippen MR) is 84.7 cm³/mol. The van der Waals surface area contributed by atoms with E-state index < -0.39 is 0 Å². The third kappa shape index (κ3) is 3.34. The number of aromatic amines is 1. The van der Waals surface area contributed by atoms with Crippen molar-refractivity contribution < 1.29 is 4.74 Å². The van der Waals surface area contributed by atoms with E-state index in [9.17, 15) is 0 Å². The topological polar surface area (TPSA) is 55.2 Å². The number of nitrogens with one attached hydrogen (secondary N) is 1. The van der Waals surface area contributed by atoms with Gasteiger partial charge in [-0.05, 0) is 36.7 Å². The molecule has 5 nitrogen and oxygen atoms in total. The molecular weight excluding hydrogens is 284 g/mol. The Hall–Kier alpha value is -2.05. The predicted octanol–water partition coefficient (Wildman–Crippen LogP) is 3.34. The molecule has 1 aliphatic heterocycles. The largest absolute Gasteiger partial charge is 0.370 e. The molecule has 6 heteroatoms. The minimum atomic E-state index is -0.0202. The van der Waals surface area contributed by atoms with Crippen molar-refractivity contribution in [3.63, 3.8) is 0 Å². The van der Waals surface area contributed by atoms with Crippen LogP contribution >= 0.6 is 12.2 Å². The summed E-state index contributed by atoms with van der Waals surface area (Å²) >= 11 is 5.20. The molecule has 0 unspecified atom stereocenters. The summed E-state index contributed by atoms with van der Waals surface area (Å²) in [5, 5.41) is 11.3. The number of hydrogen-bond donors (Lipinski definition) is 1. The Balaban J connectivity index is 1.75. The van der Waals surface area contributed by atoms with E-state index in [1.165, 1.54) is 0 Å². The van der Waals surface area contributed by atoms with Crippen LogP contribution in [0.5, 0.6) is 0 Å². The minimum Gasteiger partial charge on any atom is -0.370 e. The molecule has 108 valence electrons. The molecule has 1 saturated heterocycles. The standard InChI is InChI=1S/C15H16N4OS/c21-15-18-17-14(13-9-5-11-20-13)19(15)16-10-4-8-12-6-2-1-3-7-12/h1-4,6-8,10,13H,5,9,11H2,(H,18,21)/b8-4+,16-10-/t13-/m1/s1. The molecule has 0 radical (unpaired) electrons. The summed E-state index contributed by atoms with van der Waals surface area (Å²) < 4.78 is 7.73. The fourth-order valence-electron chi connectivity index (χ4n) is 2.23. The van der Waals surface area contributed by atoms with Crippen LogP contribution in [0.1, 0.15) is 30.3 Å². The number of allylic oxidation sites excluding steroid dienone is 1. The molecule has 1 fully saturated rings. The average Bonchev–Trinajstić information content (AvgIpc) is 3.15. The van der Waals surface area contributed by atoms with Crippen molar-refractivity contribution in [2.45, 2.75) is 18.9 Å². The Morgan fingerprint density at radius 1 is 1.38 bits per heavy atom.